The van der Waals surface area contributed by atoms with Crippen molar-refractivity contribution >= 4 is 39.2 Å². The van der Waals surface area contributed by atoms with E-state index in [1.165, 1.54) is 70.5 Å². The maximum absolute atomic E-state index is 3.44. The predicted octanol–water partition coefficient (Wildman–Crippen LogP) is 12.1. The summed E-state index contributed by atoms with van der Waals surface area (Å²) in [5.74, 6) is 0. The third-order valence-electron chi connectivity index (χ3n) is 9.15. The highest BCUT2D eigenvalue weighted by molar-refractivity contribution is 7.19. The van der Waals surface area contributed by atoms with Gasteiger partial charge in [0, 0.05) is 42.9 Å². The van der Waals surface area contributed by atoms with Crippen LogP contribution in [0.5, 0.6) is 0 Å². The van der Waals surface area contributed by atoms with Crippen molar-refractivity contribution in [2.45, 2.75) is 12.8 Å². The molecule has 0 radical (unpaired) electrons. The first-order valence-electron chi connectivity index (χ1n) is 15.8. The smallest absolute Gasteiger partial charge is 0.0541 e. The molecule has 0 amide bonds. The first kappa shape index (κ1) is 26.8. The monoisotopic (exact) mass is 603 g/mol. The Balaban J connectivity index is 1.26. The topological polar surface area (TPSA) is 4.93 Å². The number of nitrogens with zero attached hydrogens (tertiary/aromatic N) is 1. The Morgan fingerprint density at radius 3 is 2.11 bits per heavy atom. The molecule has 0 spiro atoms. The zero-order valence-corrected chi connectivity index (χ0v) is 26.0. The van der Waals surface area contributed by atoms with Crippen LogP contribution in [0.3, 0.4) is 0 Å². The lowest BCUT2D eigenvalue weighted by atomic mass is 9.91. The van der Waals surface area contributed by atoms with Gasteiger partial charge in [-0.05, 0) is 83.1 Å². The highest BCUT2D eigenvalue weighted by atomic mass is 32.1. The molecule has 6 aromatic carbocycles. The number of benzene rings is 5. The summed E-state index contributed by atoms with van der Waals surface area (Å²) in [6.07, 6.45) is 6.77. The normalized spacial score (nSPS) is 12.3. The van der Waals surface area contributed by atoms with Gasteiger partial charge in [-0.1, -0.05) is 121 Å². The molecule has 2 heteroatoms. The van der Waals surface area contributed by atoms with Gasteiger partial charge in [-0.25, -0.2) is 0 Å². The molecule has 0 saturated carbocycles. The highest BCUT2D eigenvalue weighted by Crippen LogP contribution is 2.48. The van der Waals surface area contributed by atoms with Crippen LogP contribution in [0.1, 0.15) is 17.5 Å². The van der Waals surface area contributed by atoms with Crippen molar-refractivity contribution in [1.82, 2.24) is 4.57 Å². The highest BCUT2D eigenvalue weighted by Gasteiger charge is 2.23. The van der Waals surface area contributed by atoms with Crippen molar-refractivity contribution in [2.75, 3.05) is 0 Å². The maximum Gasteiger partial charge on any atom is 0.0541 e. The van der Waals surface area contributed by atoms with Crippen LogP contribution in [0, 0.1) is 12.1 Å². The molecular weight excluding hydrogens is 575 g/mol. The van der Waals surface area contributed by atoms with E-state index in [0.29, 0.717) is 0 Å². The van der Waals surface area contributed by atoms with E-state index in [-0.39, 0.29) is 0 Å². The quantitative estimate of drug-likeness (QED) is 0.184. The molecule has 0 aliphatic heterocycles. The third-order valence-corrected chi connectivity index (χ3v) is 10.5. The molecule has 1 aliphatic carbocycles. The summed E-state index contributed by atoms with van der Waals surface area (Å²) in [5, 5.41) is 2.54. The summed E-state index contributed by atoms with van der Waals surface area (Å²) in [7, 11) is 0. The summed E-state index contributed by atoms with van der Waals surface area (Å²) in [6.45, 7) is 0. The van der Waals surface area contributed by atoms with Crippen LogP contribution < -0.4 is 0 Å². The number of allylic oxidation sites excluding steroid dienone is 1. The Hall–Kier alpha value is -5.62. The van der Waals surface area contributed by atoms with E-state index in [2.05, 4.69) is 162 Å². The average molecular weight is 604 g/mol. The number of rotatable bonds is 5. The van der Waals surface area contributed by atoms with E-state index in [4.69, 9.17) is 0 Å². The van der Waals surface area contributed by atoms with Crippen molar-refractivity contribution in [3.63, 3.8) is 0 Å². The van der Waals surface area contributed by atoms with E-state index in [1.54, 1.807) is 0 Å². The van der Waals surface area contributed by atoms with Gasteiger partial charge < -0.3 is 4.57 Å². The van der Waals surface area contributed by atoms with Gasteiger partial charge in [-0.15, -0.1) is 11.3 Å². The minimum atomic E-state index is 1.04. The van der Waals surface area contributed by atoms with E-state index >= 15 is 0 Å². The zero-order chi connectivity index (χ0) is 30.5. The predicted molar refractivity (Wildman–Crippen MR) is 195 cm³/mol. The van der Waals surface area contributed by atoms with E-state index in [9.17, 15) is 0 Å². The fraction of sp³-hybridized carbons (Fsp3) is 0.0455. The number of fused-ring (bicyclic) bond motifs is 4. The minimum absolute atomic E-state index is 1.04. The summed E-state index contributed by atoms with van der Waals surface area (Å²) < 4.78 is 2.40. The molecular formula is C44H29NS. The maximum atomic E-state index is 3.44. The zero-order valence-electron chi connectivity index (χ0n) is 25.2. The largest absolute Gasteiger partial charge is 0.309 e. The number of para-hydroxylation sites is 2. The Labute approximate surface area is 273 Å². The van der Waals surface area contributed by atoms with Gasteiger partial charge in [-0.3, -0.25) is 0 Å². The molecule has 9 rings (SSSR count). The number of aromatic nitrogens is 1. The van der Waals surface area contributed by atoms with Gasteiger partial charge in [0.25, 0.3) is 0 Å². The molecule has 46 heavy (non-hydrogen) atoms. The lowest BCUT2D eigenvalue weighted by Crippen LogP contribution is -1.97. The Morgan fingerprint density at radius 1 is 0.587 bits per heavy atom. The molecule has 1 aliphatic rings. The second kappa shape index (κ2) is 11.1. The second-order valence-electron chi connectivity index (χ2n) is 11.8. The van der Waals surface area contributed by atoms with Crippen molar-refractivity contribution < 1.29 is 0 Å². The summed E-state index contributed by atoms with van der Waals surface area (Å²) in [5.41, 5.74) is 13.6. The summed E-state index contributed by atoms with van der Waals surface area (Å²) in [4.78, 5) is 2.68. The van der Waals surface area contributed by atoms with Gasteiger partial charge >= 0.3 is 0 Å². The SMILES string of the molecule is c1cccc(-c2cc(-n3c4ccccc4c4ccccc43)ccc2-c2sc(-c3cccc(-c4ccccc4)c3)c3c2CCC=C3)c#1. The van der Waals surface area contributed by atoms with Gasteiger partial charge in [0.15, 0.2) is 0 Å². The Kier molecular flexibility index (Phi) is 6.44. The fourth-order valence-electron chi connectivity index (χ4n) is 7.04. The van der Waals surface area contributed by atoms with E-state index in [1.807, 2.05) is 17.4 Å². The lowest BCUT2D eigenvalue weighted by Gasteiger charge is -2.15. The molecule has 2 aromatic heterocycles. The van der Waals surface area contributed by atoms with Crippen molar-refractivity contribution in [1.29, 1.82) is 0 Å². The van der Waals surface area contributed by atoms with E-state index in [0.717, 1.165) is 24.1 Å². The standard InChI is InChI=1S/C44H29NS/c1-3-14-30(15-4-1)32-18-13-19-33(28-32)43-37-22-7-8-23-38(37)44(46-43)39-27-26-34(29-40(39)31-16-5-2-6-17-31)45-41-24-11-9-20-35(41)36-21-10-12-25-42(36)45/h1-5,7,9-16,18-22,24-29H,8,23H2. The molecule has 0 atom stereocenters. The van der Waals surface area contributed by atoms with Crippen LogP contribution >= 0.6 is 11.3 Å². The molecule has 0 N–H and O–H groups in total. The van der Waals surface area contributed by atoms with E-state index < -0.39 is 0 Å². The Morgan fingerprint density at radius 2 is 1.33 bits per heavy atom. The van der Waals surface area contributed by atoms with Crippen molar-refractivity contribution in [3.05, 3.63) is 169 Å². The molecule has 0 saturated heterocycles. The number of thiophene rings is 1. The third kappa shape index (κ3) is 4.40. The van der Waals surface area contributed by atoms with Crippen LogP contribution in [0.4, 0.5) is 0 Å². The first-order chi connectivity index (χ1) is 22.8. The summed E-state index contributed by atoms with van der Waals surface area (Å²) in [6, 6.07) is 56.9. The van der Waals surface area contributed by atoms with Crippen LogP contribution in [0.2, 0.25) is 0 Å². The molecule has 8 aromatic rings. The molecule has 1 nitrogen and oxygen atoms in total. The summed E-state index contributed by atoms with van der Waals surface area (Å²) >= 11 is 1.92. The fourth-order valence-corrected chi connectivity index (χ4v) is 8.41. The molecule has 0 bridgehead atoms. The molecule has 2 heterocycles. The number of hydrogen-bond acceptors (Lipinski definition) is 1. The van der Waals surface area contributed by atoms with Crippen molar-refractivity contribution in [3.8, 4) is 48.8 Å². The molecule has 0 unspecified atom stereocenters. The molecule has 216 valence electrons. The van der Waals surface area contributed by atoms with Gasteiger partial charge in [0.1, 0.15) is 0 Å². The number of hydrogen-bond donors (Lipinski definition) is 0. The lowest BCUT2D eigenvalue weighted by molar-refractivity contribution is 0.996. The van der Waals surface area contributed by atoms with Gasteiger partial charge in [0.05, 0.1) is 11.0 Å². The van der Waals surface area contributed by atoms with Gasteiger partial charge in [0.2, 0.25) is 0 Å². The first-order valence-corrected chi connectivity index (χ1v) is 16.6. The Bertz CT molecular complexity index is 2350. The van der Waals surface area contributed by atoms with Crippen LogP contribution in [0.25, 0.3) is 76.7 Å². The van der Waals surface area contributed by atoms with Gasteiger partial charge in [-0.2, -0.15) is 0 Å². The van der Waals surface area contributed by atoms with Crippen molar-refractivity contribution in [2.24, 2.45) is 0 Å². The van der Waals surface area contributed by atoms with Crippen LogP contribution in [0.15, 0.2) is 146 Å². The average Bonchev–Trinajstić information content (AvgIpc) is 3.69. The minimum Gasteiger partial charge on any atom is -0.309 e. The van der Waals surface area contributed by atoms with Crippen LogP contribution in [-0.4, -0.2) is 4.57 Å². The van der Waals surface area contributed by atoms with Crippen LogP contribution in [-0.2, 0) is 6.42 Å². The second-order valence-corrected chi connectivity index (χ2v) is 12.9. The molecule has 0 fully saturated rings.